The van der Waals surface area contributed by atoms with E-state index in [0.29, 0.717) is 0 Å². The van der Waals surface area contributed by atoms with Gasteiger partial charge < -0.3 is 9.13 Å². The molecule has 2 nitrogen and oxygen atoms in total. The van der Waals surface area contributed by atoms with Gasteiger partial charge in [0.2, 0.25) is 0 Å². The molecule has 2 aromatic heterocycles. The smallest absolute Gasteiger partial charge is 0.0538 e. The molecule has 0 N–H and O–H groups in total. The van der Waals surface area contributed by atoms with E-state index in [1.165, 1.54) is 92.5 Å². The van der Waals surface area contributed by atoms with Crippen molar-refractivity contribution in [1.82, 2.24) is 9.13 Å². The summed E-state index contributed by atoms with van der Waals surface area (Å²) < 4.78 is 5.07. The van der Waals surface area contributed by atoms with Crippen molar-refractivity contribution in [1.29, 1.82) is 0 Å². The monoisotopic (exact) mass is 492 g/mol. The van der Waals surface area contributed by atoms with Crippen molar-refractivity contribution in [2.24, 2.45) is 0 Å². The van der Waals surface area contributed by atoms with Crippen LogP contribution in [0.25, 0.3) is 56.5 Å². The van der Waals surface area contributed by atoms with Crippen LogP contribution in [0.4, 0.5) is 0 Å². The summed E-state index contributed by atoms with van der Waals surface area (Å²) >= 11 is 0. The van der Waals surface area contributed by atoms with Crippen LogP contribution < -0.4 is 0 Å². The molecule has 0 fully saturated rings. The Balaban J connectivity index is 1.31. The zero-order valence-electron chi connectivity index (χ0n) is 21.8. The van der Waals surface area contributed by atoms with E-state index in [-0.39, 0.29) is 0 Å². The lowest BCUT2D eigenvalue weighted by atomic mass is 9.97. The van der Waals surface area contributed by atoms with Gasteiger partial charge in [-0.25, -0.2) is 0 Å². The number of aromatic nitrogens is 2. The minimum atomic E-state index is 1.08. The van der Waals surface area contributed by atoms with Gasteiger partial charge in [-0.15, -0.1) is 0 Å². The van der Waals surface area contributed by atoms with Gasteiger partial charge in [0.25, 0.3) is 0 Å². The fraction of sp³-hybridized carbons (Fsp3) is 0.222. The van der Waals surface area contributed by atoms with Crippen LogP contribution in [-0.4, -0.2) is 9.13 Å². The predicted molar refractivity (Wildman–Crippen MR) is 162 cm³/mol. The fourth-order valence-corrected chi connectivity index (χ4v) is 7.03. The lowest BCUT2D eigenvalue weighted by Crippen LogP contribution is -2.06. The van der Waals surface area contributed by atoms with E-state index in [2.05, 4.69) is 106 Å². The summed E-state index contributed by atoms with van der Waals surface area (Å²) in [6, 6.07) is 25.1. The highest BCUT2D eigenvalue weighted by Gasteiger charge is 2.22. The fourth-order valence-electron chi connectivity index (χ4n) is 7.03. The van der Waals surface area contributed by atoms with E-state index in [0.717, 1.165) is 25.7 Å². The van der Waals surface area contributed by atoms with E-state index in [1.54, 1.807) is 0 Å². The Morgan fingerprint density at radius 3 is 1.82 bits per heavy atom. The molecule has 0 radical (unpaired) electrons. The summed E-state index contributed by atoms with van der Waals surface area (Å²) in [5.41, 5.74) is 13.8. The average molecular weight is 493 g/mol. The number of benzene rings is 3. The molecule has 0 spiro atoms. The van der Waals surface area contributed by atoms with E-state index in [1.807, 2.05) is 0 Å². The summed E-state index contributed by atoms with van der Waals surface area (Å²) in [7, 11) is 0. The molecule has 0 saturated carbocycles. The Labute approximate surface area is 224 Å². The maximum absolute atomic E-state index is 2.60. The van der Waals surface area contributed by atoms with Gasteiger partial charge in [-0.3, -0.25) is 0 Å². The van der Waals surface area contributed by atoms with Gasteiger partial charge in [0.15, 0.2) is 0 Å². The molecule has 3 aliphatic rings. The van der Waals surface area contributed by atoms with Crippen molar-refractivity contribution < 1.29 is 0 Å². The standard InChI is InChI=1S/C36H32N2/c1-3-11-27(12-4-1)37-33-17-9-7-15-29(33)31-23-25(19-21-35(31)37)26-20-22-36-32(24-26)30-16-8-10-18-34(30)38(36)28-13-5-2-6-14-28/h1,3-4,7-8,11-13,15-16,19-24H,2,5-6,9-10,14,17-18H2. The van der Waals surface area contributed by atoms with Gasteiger partial charge in [-0.2, -0.15) is 0 Å². The summed E-state index contributed by atoms with van der Waals surface area (Å²) in [5.74, 6) is 0. The van der Waals surface area contributed by atoms with Crippen molar-refractivity contribution >= 4 is 39.7 Å². The van der Waals surface area contributed by atoms with E-state index in [9.17, 15) is 0 Å². The third-order valence-corrected chi connectivity index (χ3v) is 8.78. The maximum Gasteiger partial charge on any atom is 0.0538 e. The van der Waals surface area contributed by atoms with Gasteiger partial charge in [-0.1, -0.05) is 60.7 Å². The third kappa shape index (κ3) is 3.33. The Morgan fingerprint density at radius 2 is 1.18 bits per heavy atom. The van der Waals surface area contributed by atoms with Crippen LogP contribution >= 0.6 is 0 Å². The van der Waals surface area contributed by atoms with Crippen molar-refractivity contribution in [3.63, 3.8) is 0 Å². The number of hydrogen-bond acceptors (Lipinski definition) is 0. The first-order valence-electron chi connectivity index (χ1n) is 14.3. The van der Waals surface area contributed by atoms with Crippen molar-refractivity contribution in [2.45, 2.75) is 51.4 Å². The first kappa shape index (κ1) is 22.0. The lowest BCUT2D eigenvalue weighted by molar-refractivity contribution is 0.713. The first-order chi connectivity index (χ1) is 18.9. The molecular formula is C36H32N2. The van der Waals surface area contributed by atoms with E-state index in [4.69, 9.17) is 0 Å². The van der Waals surface area contributed by atoms with Crippen LogP contribution in [0.2, 0.25) is 0 Å². The summed E-state index contributed by atoms with van der Waals surface area (Å²) in [6.45, 7) is 0. The van der Waals surface area contributed by atoms with Gasteiger partial charge >= 0.3 is 0 Å². The lowest BCUT2D eigenvalue weighted by Gasteiger charge is -2.19. The Hall–Kier alpha value is -4.04. The van der Waals surface area contributed by atoms with E-state index < -0.39 is 0 Å². The Bertz CT molecular complexity index is 1800. The minimum Gasteiger partial charge on any atom is -0.317 e. The highest BCUT2D eigenvalue weighted by Crippen LogP contribution is 2.40. The second-order valence-electron chi connectivity index (χ2n) is 11.0. The SMILES string of the molecule is C1=Cc2c(n(C3=CCCCC3)c3ccc(-c4ccc5c(c4)c4c(n5-c5ccccc5)CCC=C4)cc23)CC1. The molecule has 5 aromatic rings. The topological polar surface area (TPSA) is 9.86 Å². The second kappa shape index (κ2) is 8.77. The molecule has 2 heterocycles. The van der Waals surface area contributed by atoms with E-state index >= 15 is 0 Å². The second-order valence-corrected chi connectivity index (χ2v) is 11.0. The summed E-state index contributed by atoms with van der Waals surface area (Å²) in [6.07, 6.45) is 21.3. The predicted octanol–water partition coefficient (Wildman–Crippen LogP) is 9.59. The van der Waals surface area contributed by atoms with Crippen LogP contribution in [-0.2, 0) is 12.8 Å². The van der Waals surface area contributed by atoms with Crippen LogP contribution in [0.3, 0.4) is 0 Å². The molecule has 186 valence electrons. The van der Waals surface area contributed by atoms with Crippen LogP contribution in [0, 0.1) is 0 Å². The van der Waals surface area contributed by atoms with Crippen LogP contribution in [0.5, 0.6) is 0 Å². The molecule has 2 heteroatoms. The molecule has 0 saturated heterocycles. The number of fused-ring (bicyclic) bond motifs is 6. The molecule has 3 aliphatic carbocycles. The van der Waals surface area contributed by atoms with Gasteiger partial charge in [0, 0.05) is 44.7 Å². The summed E-state index contributed by atoms with van der Waals surface area (Å²) in [5, 5.41) is 2.74. The normalized spacial score (nSPS) is 16.6. The van der Waals surface area contributed by atoms with Gasteiger partial charge in [-0.05, 0) is 98.9 Å². The molecule has 0 amide bonds. The van der Waals surface area contributed by atoms with Crippen molar-refractivity contribution in [3.05, 3.63) is 107 Å². The molecule has 8 rings (SSSR count). The molecule has 0 atom stereocenters. The maximum atomic E-state index is 2.60. The minimum absolute atomic E-state index is 1.08. The number of para-hydroxylation sites is 1. The molecule has 3 aromatic carbocycles. The number of hydrogen-bond donors (Lipinski definition) is 0. The Morgan fingerprint density at radius 1 is 0.553 bits per heavy atom. The number of allylic oxidation sites excluding steroid dienone is 4. The first-order valence-corrected chi connectivity index (χ1v) is 14.3. The zero-order valence-corrected chi connectivity index (χ0v) is 21.8. The molecule has 0 aliphatic heterocycles. The average Bonchev–Trinajstić information content (AvgIpc) is 3.50. The number of rotatable bonds is 3. The highest BCUT2D eigenvalue weighted by atomic mass is 15.0. The third-order valence-electron chi connectivity index (χ3n) is 8.78. The van der Waals surface area contributed by atoms with Crippen molar-refractivity contribution in [2.75, 3.05) is 0 Å². The van der Waals surface area contributed by atoms with Crippen LogP contribution in [0.15, 0.2) is 85.0 Å². The molecule has 0 bridgehead atoms. The Kier molecular flexibility index (Phi) is 5.07. The van der Waals surface area contributed by atoms with Crippen molar-refractivity contribution in [3.8, 4) is 16.8 Å². The molecule has 38 heavy (non-hydrogen) atoms. The quantitative estimate of drug-likeness (QED) is 0.237. The highest BCUT2D eigenvalue weighted by molar-refractivity contribution is 5.99. The summed E-state index contributed by atoms with van der Waals surface area (Å²) in [4.78, 5) is 0. The van der Waals surface area contributed by atoms with Gasteiger partial charge in [0.1, 0.15) is 0 Å². The van der Waals surface area contributed by atoms with Crippen LogP contribution in [0.1, 0.15) is 61.0 Å². The largest absolute Gasteiger partial charge is 0.317 e. The molecular weight excluding hydrogens is 460 g/mol. The molecule has 0 unspecified atom stereocenters. The number of nitrogens with zero attached hydrogens (tertiary/aromatic N) is 2. The zero-order chi connectivity index (χ0) is 25.1. The van der Waals surface area contributed by atoms with Gasteiger partial charge in [0.05, 0.1) is 11.0 Å².